The van der Waals surface area contributed by atoms with Gasteiger partial charge in [0.2, 0.25) is 0 Å². The van der Waals surface area contributed by atoms with E-state index in [0.29, 0.717) is 0 Å². The van der Waals surface area contributed by atoms with Crippen LogP contribution in [0.4, 0.5) is 0 Å². The number of hydrogen-bond donors (Lipinski definition) is 6. The molecule has 0 heterocycles. The second kappa shape index (κ2) is 28.5. The molecule has 0 aromatic rings. The number of thiocarbonyl (C=S) groups is 3. The molecule has 0 bridgehead atoms. The molecular formula is C15H18Li3N3O12S6. The van der Waals surface area contributed by atoms with E-state index < -0.39 is 75.1 Å². The Hall–Kier alpha value is -1.06. The number of carboxylic acids is 6. The first-order valence-corrected chi connectivity index (χ1v) is 10.9. The topological polar surface area (TPSA) is 234 Å². The van der Waals surface area contributed by atoms with Gasteiger partial charge in [0, 0.05) is 0 Å². The van der Waals surface area contributed by atoms with Crippen molar-refractivity contribution in [2.75, 3.05) is 39.3 Å². The van der Waals surface area contributed by atoms with Gasteiger partial charge >= 0.3 is 92.4 Å². The van der Waals surface area contributed by atoms with Crippen LogP contribution >= 0.6 is 36.7 Å². The van der Waals surface area contributed by atoms with Crippen LogP contribution in [0.1, 0.15) is 0 Å². The molecule has 0 spiro atoms. The van der Waals surface area contributed by atoms with Crippen molar-refractivity contribution in [2.45, 2.75) is 0 Å². The molecule has 0 aliphatic heterocycles. The van der Waals surface area contributed by atoms with Gasteiger partial charge in [-0.2, -0.15) is 0 Å². The van der Waals surface area contributed by atoms with Crippen LogP contribution < -0.4 is 56.6 Å². The van der Waals surface area contributed by atoms with Crippen LogP contribution in [0, 0.1) is 0 Å². The van der Waals surface area contributed by atoms with Crippen molar-refractivity contribution < 1.29 is 116 Å². The summed E-state index contributed by atoms with van der Waals surface area (Å²) in [6, 6.07) is 0. The Balaban J connectivity index is -0.000000101. The van der Waals surface area contributed by atoms with Gasteiger partial charge in [-0.25, -0.2) is 0 Å². The van der Waals surface area contributed by atoms with Crippen molar-refractivity contribution in [1.82, 2.24) is 14.7 Å². The van der Waals surface area contributed by atoms with Crippen LogP contribution in [-0.4, -0.2) is 133 Å². The summed E-state index contributed by atoms with van der Waals surface area (Å²) in [6.45, 7) is -2.87. The zero-order chi connectivity index (χ0) is 29.2. The van der Waals surface area contributed by atoms with Crippen molar-refractivity contribution in [3.63, 3.8) is 0 Å². The second-order valence-electron chi connectivity index (χ2n) is 5.73. The van der Waals surface area contributed by atoms with E-state index in [0.717, 1.165) is 14.7 Å². The molecule has 0 aromatic heterocycles. The van der Waals surface area contributed by atoms with Gasteiger partial charge in [0.1, 0.15) is 39.3 Å². The van der Waals surface area contributed by atoms with Crippen LogP contribution in [0.3, 0.4) is 0 Å². The fourth-order valence-corrected chi connectivity index (χ4v) is 2.31. The summed E-state index contributed by atoms with van der Waals surface area (Å²) in [5.74, 6) is -6.98. The number of hydrogen-bond acceptors (Lipinski definition) is 12. The van der Waals surface area contributed by atoms with E-state index in [4.69, 9.17) is 30.6 Å². The van der Waals surface area contributed by atoms with Gasteiger partial charge < -0.3 is 120 Å². The fraction of sp³-hybridized carbons (Fsp3) is 0.400. The summed E-state index contributed by atoms with van der Waals surface area (Å²) in [7, 11) is 0. The normalized spacial score (nSPS) is 8.31. The third-order valence-corrected chi connectivity index (χ3v) is 4.28. The van der Waals surface area contributed by atoms with Crippen molar-refractivity contribution in [1.29, 1.82) is 0 Å². The summed E-state index contributed by atoms with van der Waals surface area (Å²) >= 11 is 26.8. The first-order valence-electron chi connectivity index (χ1n) is 8.48. The quantitative estimate of drug-likeness (QED) is 0.0657. The molecule has 0 aromatic carbocycles. The first kappa shape index (κ1) is 50.8. The SMILES string of the molecule is O=C(O)CN(CC(=O)O)C(=S)[S-].O=C(O)CN(CC(=O)O)C(=S)[S-].O=C(O)CN(CC(=O)O)C(=S)[S-].[Li+].[Li+].[Li+]. The van der Waals surface area contributed by atoms with E-state index in [-0.39, 0.29) is 69.5 Å². The van der Waals surface area contributed by atoms with Crippen molar-refractivity contribution in [3.8, 4) is 0 Å². The molecule has 0 amide bonds. The van der Waals surface area contributed by atoms with Gasteiger partial charge in [0.25, 0.3) is 0 Å². The largest absolute Gasteiger partial charge is 1.00 e. The molecule has 0 aliphatic rings. The maximum atomic E-state index is 10.2. The number of carbonyl (C=O) groups is 6. The van der Waals surface area contributed by atoms with Gasteiger partial charge in [-0.3, -0.25) is 28.8 Å². The summed E-state index contributed by atoms with van der Waals surface area (Å²) < 4.78 is -0.459. The Labute approximate surface area is 290 Å². The molecule has 15 nitrogen and oxygen atoms in total. The van der Waals surface area contributed by atoms with Crippen LogP contribution in [0.2, 0.25) is 0 Å². The average Bonchev–Trinajstić information content (AvgIpc) is 2.65. The molecule has 24 heteroatoms. The number of carboxylic acid groups (broad SMARTS) is 6. The standard InChI is InChI=1S/3C5H7NO4S2.3Li/c3*7-3(8)1-6(5(11)12)2-4(9)10;;;/h3*1-2H2,(H,7,8)(H,9,10)(H,11,12);;;/q;;;3*+1/p-3. The predicted molar refractivity (Wildman–Crippen MR) is 140 cm³/mol. The molecule has 0 atom stereocenters. The van der Waals surface area contributed by atoms with Gasteiger partial charge in [-0.15, -0.1) is 0 Å². The summed E-state index contributed by atoms with van der Waals surface area (Å²) in [4.78, 5) is 63.7. The molecule has 0 aliphatic carbocycles. The van der Waals surface area contributed by atoms with E-state index >= 15 is 0 Å². The van der Waals surface area contributed by atoms with Crippen LogP contribution in [0.15, 0.2) is 0 Å². The molecule has 0 fully saturated rings. The van der Waals surface area contributed by atoms with Gasteiger partial charge in [-0.05, 0) is 0 Å². The maximum Gasteiger partial charge on any atom is 1.00 e. The Kier molecular flexibility index (Phi) is 37.0. The van der Waals surface area contributed by atoms with Crippen molar-refractivity contribution >= 4 is 123 Å². The summed E-state index contributed by atoms with van der Waals surface area (Å²) in [5, 5.41) is 49.8. The molecule has 0 saturated carbocycles. The molecule has 0 rings (SSSR count). The van der Waals surface area contributed by atoms with E-state index in [9.17, 15) is 28.8 Å². The first-order chi connectivity index (χ1) is 16.3. The molecule has 0 unspecified atom stereocenters. The molecule has 0 saturated heterocycles. The van der Waals surface area contributed by atoms with Crippen LogP contribution in [0.5, 0.6) is 0 Å². The second-order valence-corrected chi connectivity index (χ2v) is 8.82. The Bertz CT molecular complexity index is 729. The number of nitrogens with zero attached hydrogens (tertiary/aromatic N) is 3. The zero-order valence-electron chi connectivity index (χ0n) is 20.7. The van der Waals surface area contributed by atoms with E-state index in [1.807, 2.05) is 0 Å². The Morgan fingerprint density at radius 1 is 0.410 bits per heavy atom. The van der Waals surface area contributed by atoms with Crippen LogP contribution in [0.25, 0.3) is 0 Å². The minimum atomic E-state index is -1.16. The number of rotatable bonds is 12. The molecule has 6 N–H and O–H groups in total. The molecular weight excluding hydrogens is 627 g/mol. The van der Waals surface area contributed by atoms with E-state index in [1.165, 1.54) is 0 Å². The van der Waals surface area contributed by atoms with Crippen molar-refractivity contribution in [3.05, 3.63) is 0 Å². The smallest absolute Gasteiger partial charge is 0.480 e. The minimum absolute atomic E-state index is 0. The summed E-state index contributed by atoms with van der Waals surface area (Å²) in [5.41, 5.74) is 0. The summed E-state index contributed by atoms with van der Waals surface area (Å²) in [6.07, 6.45) is 0. The van der Waals surface area contributed by atoms with Crippen LogP contribution in [-0.2, 0) is 66.7 Å². The molecule has 0 radical (unpaired) electrons. The van der Waals surface area contributed by atoms with Crippen molar-refractivity contribution in [2.24, 2.45) is 0 Å². The third-order valence-electron chi connectivity index (χ3n) is 2.73. The Morgan fingerprint density at radius 3 is 0.564 bits per heavy atom. The van der Waals surface area contributed by atoms with Gasteiger partial charge in [0.05, 0.1) is 0 Å². The average molecular weight is 646 g/mol. The monoisotopic (exact) mass is 645 g/mol. The number of aliphatic carboxylic acids is 6. The Morgan fingerprint density at radius 2 is 0.513 bits per heavy atom. The van der Waals surface area contributed by atoms with Gasteiger partial charge in [0.15, 0.2) is 0 Å². The minimum Gasteiger partial charge on any atom is -0.480 e. The zero-order valence-corrected chi connectivity index (χ0v) is 25.6. The fourth-order valence-electron chi connectivity index (χ4n) is 1.53. The van der Waals surface area contributed by atoms with E-state index in [1.54, 1.807) is 0 Å². The third kappa shape index (κ3) is 36.9. The predicted octanol–water partition coefficient (Wildman–Crippen LogP) is -11.1. The van der Waals surface area contributed by atoms with Gasteiger partial charge in [-0.1, -0.05) is 13.0 Å². The molecule has 39 heavy (non-hydrogen) atoms. The van der Waals surface area contributed by atoms with E-state index in [2.05, 4.69) is 74.5 Å². The molecule has 204 valence electrons. The maximum absolute atomic E-state index is 10.2.